The molecule has 2 aromatic rings. The number of rotatable bonds is 8. The molecular formula is C24H28ClNO3. The van der Waals surface area contributed by atoms with Crippen LogP contribution in [0.15, 0.2) is 36.4 Å². The lowest BCUT2D eigenvalue weighted by Gasteiger charge is -2.35. The topological polar surface area (TPSA) is 49.8 Å². The maximum Gasteiger partial charge on any atom is 0.303 e. The lowest BCUT2D eigenvalue weighted by Crippen LogP contribution is -2.38. The zero-order chi connectivity index (χ0) is 20.4. The van der Waals surface area contributed by atoms with E-state index in [1.165, 1.54) is 29.5 Å². The van der Waals surface area contributed by atoms with Crippen LogP contribution in [0.3, 0.4) is 0 Å². The van der Waals surface area contributed by atoms with E-state index in [1.807, 2.05) is 12.1 Å². The van der Waals surface area contributed by atoms with Crippen LogP contribution in [0, 0.1) is 0 Å². The number of nitrogens with zero attached hydrogens (tertiary/aromatic N) is 1. The van der Waals surface area contributed by atoms with E-state index in [4.69, 9.17) is 21.4 Å². The molecule has 1 heterocycles. The summed E-state index contributed by atoms with van der Waals surface area (Å²) in [5, 5.41) is 9.65. The molecule has 4 rings (SSSR count). The number of carboxylic acid groups (broad SMARTS) is 1. The van der Waals surface area contributed by atoms with E-state index >= 15 is 0 Å². The Labute approximate surface area is 177 Å². The zero-order valence-electron chi connectivity index (χ0n) is 16.9. The Morgan fingerprint density at radius 3 is 2.83 bits per heavy atom. The molecule has 154 valence electrons. The predicted molar refractivity (Wildman–Crippen MR) is 115 cm³/mol. The molecule has 1 aliphatic carbocycles. The van der Waals surface area contributed by atoms with Crippen LogP contribution in [-0.4, -0.2) is 29.1 Å². The van der Waals surface area contributed by atoms with E-state index in [-0.39, 0.29) is 11.8 Å². The smallest absolute Gasteiger partial charge is 0.303 e. The zero-order valence-corrected chi connectivity index (χ0v) is 17.7. The third kappa shape index (κ3) is 4.44. The van der Waals surface area contributed by atoms with Crippen LogP contribution in [0.2, 0.25) is 5.02 Å². The van der Waals surface area contributed by atoms with E-state index in [9.17, 15) is 4.79 Å². The van der Waals surface area contributed by atoms with Crippen LogP contribution in [0.25, 0.3) is 0 Å². The summed E-state index contributed by atoms with van der Waals surface area (Å²) in [7, 11) is 0. The average Bonchev–Trinajstić information content (AvgIpc) is 3.46. The van der Waals surface area contributed by atoms with Gasteiger partial charge in [0, 0.05) is 35.5 Å². The number of hydrogen-bond donors (Lipinski definition) is 1. The van der Waals surface area contributed by atoms with Crippen molar-refractivity contribution in [3.63, 3.8) is 0 Å². The second-order valence-electron chi connectivity index (χ2n) is 8.33. The molecule has 0 aromatic heterocycles. The number of carboxylic acids is 1. The Hall–Kier alpha value is -2.04. The molecule has 2 aromatic carbocycles. The third-order valence-electron chi connectivity index (χ3n) is 6.27. The van der Waals surface area contributed by atoms with Gasteiger partial charge in [-0.1, -0.05) is 36.7 Å². The first-order valence-electron chi connectivity index (χ1n) is 10.5. The molecule has 29 heavy (non-hydrogen) atoms. The minimum Gasteiger partial charge on any atom is -0.489 e. The van der Waals surface area contributed by atoms with Crippen LogP contribution in [-0.2, 0) is 29.8 Å². The van der Waals surface area contributed by atoms with Gasteiger partial charge in [-0.2, -0.15) is 0 Å². The van der Waals surface area contributed by atoms with Crippen molar-refractivity contribution in [2.24, 2.45) is 0 Å². The Bertz CT molecular complexity index is 907. The number of hydrogen-bond acceptors (Lipinski definition) is 3. The number of benzene rings is 2. The quantitative estimate of drug-likeness (QED) is 0.646. The van der Waals surface area contributed by atoms with E-state index < -0.39 is 5.97 Å². The van der Waals surface area contributed by atoms with Gasteiger partial charge in [-0.25, -0.2) is 0 Å². The summed E-state index contributed by atoms with van der Waals surface area (Å²) in [4.78, 5) is 13.2. The second kappa shape index (κ2) is 8.37. The van der Waals surface area contributed by atoms with Crippen molar-refractivity contribution in [1.82, 2.24) is 4.90 Å². The van der Waals surface area contributed by atoms with Crippen LogP contribution in [0.5, 0.6) is 5.75 Å². The molecule has 4 nitrogen and oxygen atoms in total. The van der Waals surface area contributed by atoms with Gasteiger partial charge in [0.15, 0.2) is 0 Å². The molecule has 5 heteroatoms. The SMILES string of the molecule is CCc1cccc(Cl)c1COc1ccc2c(c1)C1(CC1)CN(CCCC(=O)O)C2. The lowest BCUT2D eigenvalue weighted by molar-refractivity contribution is -0.137. The van der Waals surface area contributed by atoms with Crippen LogP contribution in [0.4, 0.5) is 0 Å². The second-order valence-corrected chi connectivity index (χ2v) is 8.73. The van der Waals surface area contributed by atoms with Crippen molar-refractivity contribution in [1.29, 1.82) is 0 Å². The highest BCUT2D eigenvalue weighted by atomic mass is 35.5. The van der Waals surface area contributed by atoms with Gasteiger partial charge in [0.1, 0.15) is 12.4 Å². The van der Waals surface area contributed by atoms with Crippen LogP contribution in [0.1, 0.15) is 54.9 Å². The molecule has 0 unspecified atom stereocenters. The summed E-state index contributed by atoms with van der Waals surface area (Å²) in [5.41, 5.74) is 5.30. The molecule has 1 N–H and O–H groups in total. The first kappa shape index (κ1) is 20.2. The van der Waals surface area contributed by atoms with Crippen LogP contribution >= 0.6 is 11.6 Å². The van der Waals surface area contributed by atoms with Gasteiger partial charge < -0.3 is 9.84 Å². The summed E-state index contributed by atoms with van der Waals surface area (Å²) in [5.74, 6) is 0.186. The summed E-state index contributed by atoms with van der Waals surface area (Å²) >= 11 is 6.40. The Morgan fingerprint density at radius 2 is 2.10 bits per heavy atom. The highest BCUT2D eigenvalue weighted by Gasteiger charge is 2.49. The van der Waals surface area contributed by atoms with Gasteiger partial charge >= 0.3 is 5.97 Å². The van der Waals surface area contributed by atoms with Crippen molar-refractivity contribution in [2.75, 3.05) is 13.1 Å². The average molecular weight is 414 g/mol. The van der Waals surface area contributed by atoms with Gasteiger partial charge in [-0.3, -0.25) is 9.69 Å². The Balaban J connectivity index is 1.46. The minimum atomic E-state index is -0.713. The van der Waals surface area contributed by atoms with E-state index in [1.54, 1.807) is 0 Å². The normalized spacial score (nSPS) is 17.2. The summed E-state index contributed by atoms with van der Waals surface area (Å²) in [6, 6.07) is 12.5. The van der Waals surface area contributed by atoms with Gasteiger partial charge in [0.05, 0.1) is 0 Å². The van der Waals surface area contributed by atoms with Gasteiger partial charge in [0.2, 0.25) is 0 Å². The number of ether oxygens (including phenoxy) is 1. The fourth-order valence-corrected chi connectivity index (χ4v) is 4.78. The number of carbonyl (C=O) groups is 1. The van der Waals surface area contributed by atoms with E-state index in [2.05, 4.69) is 36.1 Å². The Morgan fingerprint density at radius 1 is 1.28 bits per heavy atom. The van der Waals surface area contributed by atoms with Crippen molar-refractivity contribution >= 4 is 17.6 Å². The third-order valence-corrected chi connectivity index (χ3v) is 6.63. The summed E-state index contributed by atoms with van der Waals surface area (Å²) < 4.78 is 6.16. The van der Waals surface area contributed by atoms with Gasteiger partial charge in [-0.05, 0) is 67.1 Å². The first-order chi connectivity index (χ1) is 14.0. The molecule has 0 radical (unpaired) electrons. The van der Waals surface area contributed by atoms with E-state index in [0.29, 0.717) is 13.0 Å². The molecule has 1 aliphatic heterocycles. The lowest BCUT2D eigenvalue weighted by atomic mass is 9.86. The summed E-state index contributed by atoms with van der Waals surface area (Å²) in [6.45, 7) is 5.37. The Kier molecular flexibility index (Phi) is 5.84. The molecule has 2 aliphatic rings. The summed E-state index contributed by atoms with van der Waals surface area (Å²) in [6.07, 6.45) is 4.28. The molecule has 0 atom stereocenters. The molecule has 0 amide bonds. The fourth-order valence-electron chi connectivity index (χ4n) is 4.53. The van der Waals surface area contributed by atoms with Crippen LogP contribution < -0.4 is 4.74 Å². The number of aryl methyl sites for hydroxylation is 1. The van der Waals surface area contributed by atoms with Gasteiger partial charge in [0.25, 0.3) is 0 Å². The minimum absolute atomic E-state index is 0.231. The molecular weight excluding hydrogens is 386 g/mol. The highest BCUT2D eigenvalue weighted by molar-refractivity contribution is 6.31. The maximum atomic E-state index is 10.8. The van der Waals surface area contributed by atoms with Gasteiger partial charge in [-0.15, -0.1) is 0 Å². The van der Waals surface area contributed by atoms with E-state index in [0.717, 1.165) is 42.4 Å². The molecule has 0 bridgehead atoms. The largest absolute Gasteiger partial charge is 0.489 e. The first-order valence-corrected chi connectivity index (χ1v) is 10.9. The predicted octanol–water partition coefficient (Wildman–Crippen LogP) is 5.19. The molecule has 1 fully saturated rings. The van der Waals surface area contributed by atoms with Crippen molar-refractivity contribution in [3.8, 4) is 5.75 Å². The molecule has 0 saturated heterocycles. The van der Waals surface area contributed by atoms with Crippen molar-refractivity contribution in [3.05, 3.63) is 63.7 Å². The maximum absolute atomic E-state index is 10.8. The number of halogens is 1. The van der Waals surface area contributed by atoms with Crippen molar-refractivity contribution < 1.29 is 14.6 Å². The highest BCUT2D eigenvalue weighted by Crippen LogP contribution is 2.53. The van der Waals surface area contributed by atoms with Crippen molar-refractivity contribution in [2.45, 2.75) is 57.6 Å². The fraction of sp³-hybridized carbons (Fsp3) is 0.458. The molecule has 1 spiro atoms. The number of aliphatic carboxylic acids is 1. The monoisotopic (exact) mass is 413 g/mol. The number of fused-ring (bicyclic) bond motifs is 2. The molecule has 1 saturated carbocycles. The standard InChI is InChI=1S/C24H28ClNO3/c1-2-17-5-3-6-22(25)20(17)15-29-19-9-8-18-14-26(12-4-7-23(27)28)16-24(10-11-24)21(18)13-19/h3,5-6,8-9,13H,2,4,7,10-12,14-16H2,1H3,(H,27,28).